The number of hydrogen-bond donors (Lipinski definition) is 1. The predicted octanol–water partition coefficient (Wildman–Crippen LogP) is 3.93. The molecule has 0 spiro atoms. The van der Waals surface area contributed by atoms with E-state index in [1.807, 2.05) is 6.07 Å². The van der Waals surface area contributed by atoms with Crippen molar-refractivity contribution < 1.29 is 5.11 Å². The molecule has 18 heavy (non-hydrogen) atoms. The molecule has 3 rings (SSSR count). The largest absolute Gasteiger partial charge is 0.388 e. The van der Waals surface area contributed by atoms with Gasteiger partial charge in [0.1, 0.15) is 0 Å². The zero-order valence-corrected chi connectivity index (χ0v) is 11.9. The van der Waals surface area contributed by atoms with Gasteiger partial charge in [-0.15, -0.1) is 11.3 Å². The molecule has 1 N–H and O–H groups in total. The minimum Gasteiger partial charge on any atom is -0.388 e. The summed E-state index contributed by atoms with van der Waals surface area (Å²) in [5.41, 5.74) is 3.66. The highest BCUT2D eigenvalue weighted by molar-refractivity contribution is 7.16. The minimum absolute atomic E-state index is 0.277. The van der Waals surface area contributed by atoms with Crippen molar-refractivity contribution in [2.24, 2.45) is 0 Å². The van der Waals surface area contributed by atoms with Crippen molar-refractivity contribution in [2.45, 2.75) is 38.8 Å². The van der Waals surface area contributed by atoms with Crippen LogP contribution in [0.3, 0.4) is 0 Å². The maximum absolute atomic E-state index is 10.0. The molecule has 2 nitrogen and oxygen atoms in total. The molecular formula is C14H16ClNOS. The minimum atomic E-state index is -0.277. The van der Waals surface area contributed by atoms with Gasteiger partial charge in [0.2, 0.25) is 0 Å². The van der Waals surface area contributed by atoms with Crippen LogP contribution in [0.25, 0.3) is 0 Å². The monoisotopic (exact) mass is 281 g/mol. The molecule has 1 unspecified atom stereocenters. The van der Waals surface area contributed by atoms with Crippen LogP contribution in [0.2, 0.25) is 4.34 Å². The van der Waals surface area contributed by atoms with E-state index in [9.17, 15) is 5.11 Å². The Hall–Kier alpha value is -0.770. The van der Waals surface area contributed by atoms with Gasteiger partial charge in [-0.3, -0.25) is 0 Å². The van der Waals surface area contributed by atoms with Crippen molar-refractivity contribution in [3.63, 3.8) is 0 Å². The standard InChI is InChI=1S/C14H16ClNOS/c1-9-7-11-12(3-2-4-13(11)17)16(9)8-10-5-6-14(15)18-10/h5-7,13,17H,2-4,8H2,1H3. The Morgan fingerprint density at radius 2 is 2.33 bits per heavy atom. The first kappa shape index (κ1) is 12.3. The van der Waals surface area contributed by atoms with Crippen LogP contribution in [0.15, 0.2) is 18.2 Å². The summed E-state index contributed by atoms with van der Waals surface area (Å²) in [7, 11) is 0. The maximum Gasteiger partial charge on any atom is 0.0931 e. The number of halogens is 1. The normalized spacial score (nSPS) is 18.9. The van der Waals surface area contributed by atoms with Crippen molar-refractivity contribution in [2.75, 3.05) is 0 Å². The molecule has 1 atom stereocenters. The Balaban J connectivity index is 1.97. The predicted molar refractivity (Wildman–Crippen MR) is 75.5 cm³/mol. The van der Waals surface area contributed by atoms with E-state index in [2.05, 4.69) is 23.6 Å². The van der Waals surface area contributed by atoms with Gasteiger partial charge in [0.05, 0.1) is 17.0 Å². The second kappa shape index (κ2) is 4.72. The highest BCUT2D eigenvalue weighted by Crippen LogP contribution is 2.33. The molecule has 1 aliphatic carbocycles. The van der Waals surface area contributed by atoms with Crippen LogP contribution < -0.4 is 0 Å². The molecule has 0 bridgehead atoms. The Labute approximate surface area is 116 Å². The van der Waals surface area contributed by atoms with E-state index >= 15 is 0 Å². The third-order valence-corrected chi connectivity index (χ3v) is 4.86. The molecule has 0 saturated heterocycles. The molecule has 0 amide bonds. The molecule has 2 aromatic heterocycles. The second-order valence-corrected chi connectivity index (χ2v) is 6.69. The summed E-state index contributed by atoms with van der Waals surface area (Å²) in [6.45, 7) is 2.98. The first-order valence-corrected chi connectivity index (χ1v) is 7.46. The molecule has 0 fully saturated rings. The van der Waals surface area contributed by atoms with Gasteiger partial charge in [0, 0.05) is 21.8 Å². The van der Waals surface area contributed by atoms with Gasteiger partial charge >= 0.3 is 0 Å². The summed E-state index contributed by atoms with van der Waals surface area (Å²) in [4.78, 5) is 1.27. The summed E-state index contributed by atoms with van der Waals surface area (Å²) in [6.07, 6.45) is 2.75. The van der Waals surface area contributed by atoms with E-state index < -0.39 is 0 Å². The molecule has 2 heterocycles. The van der Waals surface area contributed by atoms with Gasteiger partial charge in [-0.1, -0.05) is 11.6 Å². The maximum atomic E-state index is 10.0. The quantitative estimate of drug-likeness (QED) is 0.886. The Morgan fingerprint density at radius 1 is 1.50 bits per heavy atom. The number of aliphatic hydroxyl groups excluding tert-OH is 1. The van der Waals surface area contributed by atoms with Crippen molar-refractivity contribution >= 4 is 22.9 Å². The number of rotatable bonds is 2. The first-order valence-electron chi connectivity index (χ1n) is 6.26. The van der Waals surface area contributed by atoms with Crippen LogP contribution in [0.5, 0.6) is 0 Å². The molecule has 0 saturated carbocycles. The smallest absolute Gasteiger partial charge is 0.0931 e. The van der Waals surface area contributed by atoms with Crippen LogP contribution in [0.4, 0.5) is 0 Å². The Bertz CT molecular complexity index is 572. The van der Waals surface area contributed by atoms with E-state index in [4.69, 9.17) is 11.6 Å². The summed E-state index contributed by atoms with van der Waals surface area (Å²) >= 11 is 7.60. The van der Waals surface area contributed by atoms with Crippen molar-refractivity contribution in [3.8, 4) is 0 Å². The van der Waals surface area contributed by atoms with Gasteiger partial charge in [-0.25, -0.2) is 0 Å². The van der Waals surface area contributed by atoms with Gasteiger partial charge in [-0.05, 0) is 44.4 Å². The fraction of sp³-hybridized carbons (Fsp3) is 0.429. The van der Waals surface area contributed by atoms with Crippen molar-refractivity contribution in [1.82, 2.24) is 4.57 Å². The van der Waals surface area contributed by atoms with Gasteiger partial charge in [-0.2, -0.15) is 0 Å². The third-order valence-electron chi connectivity index (χ3n) is 3.64. The van der Waals surface area contributed by atoms with E-state index in [0.29, 0.717) is 0 Å². The highest BCUT2D eigenvalue weighted by Gasteiger charge is 2.23. The van der Waals surface area contributed by atoms with Crippen LogP contribution in [-0.4, -0.2) is 9.67 Å². The molecule has 0 aromatic carbocycles. The lowest BCUT2D eigenvalue weighted by Gasteiger charge is -2.20. The molecule has 96 valence electrons. The zero-order valence-electron chi connectivity index (χ0n) is 10.3. The van der Waals surface area contributed by atoms with Crippen LogP contribution in [0.1, 0.15) is 40.8 Å². The number of hydrogen-bond acceptors (Lipinski definition) is 2. The molecule has 0 radical (unpaired) electrons. The number of nitrogens with zero attached hydrogens (tertiary/aromatic N) is 1. The molecule has 2 aromatic rings. The lowest BCUT2D eigenvalue weighted by Crippen LogP contribution is -2.12. The number of fused-ring (bicyclic) bond motifs is 1. The third kappa shape index (κ3) is 2.11. The highest BCUT2D eigenvalue weighted by atomic mass is 35.5. The summed E-state index contributed by atoms with van der Waals surface area (Å²) < 4.78 is 3.16. The Morgan fingerprint density at radius 3 is 3.06 bits per heavy atom. The molecular weight excluding hydrogens is 266 g/mol. The fourth-order valence-electron chi connectivity index (χ4n) is 2.75. The Kier molecular flexibility index (Phi) is 3.22. The molecule has 4 heteroatoms. The number of thiophene rings is 1. The lowest BCUT2D eigenvalue weighted by molar-refractivity contribution is 0.156. The number of aliphatic hydroxyl groups is 1. The van der Waals surface area contributed by atoms with E-state index in [1.165, 1.54) is 16.3 Å². The molecule has 0 aliphatic heterocycles. The average Bonchev–Trinajstić information content (AvgIpc) is 2.87. The van der Waals surface area contributed by atoms with Gasteiger partial charge in [0.15, 0.2) is 0 Å². The van der Waals surface area contributed by atoms with E-state index in [0.717, 1.165) is 35.7 Å². The number of aromatic nitrogens is 1. The zero-order chi connectivity index (χ0) is 12.7. The van der Waals surface area contributed by atoms with Crippen LogP contribution in [-0.2, 0) is 13.0 Å². The van der Waals surface area contributed by atoms with Crippen molar-refractivity contribution in [1.29, 1.82) is 0 Å². The lowest BCUT2D eigenvalue weighted by atomic mass is 9.95. The van der Waals surface area contributed by atoms with E-state index in [-0.39, 0.29) is 6.10 Å². The summed E-state index contributed by atoms with van der Waals surface area (Å²) in [5, 5.41) is 10.0. The van der Waals surface area contributed by atoms with Crippen molar-refractivity contribution in [3.05, 3.63) is 44.4 Å². The number of aryl methyl sites for hydroxylation is 1. The fourth-order valence-corrected chi connectivity index (χ4v) is 3.83. The topological polar surface area (TPSA) is 25.2 Å². The SMILES string of the molecule is Cc1cc2c(n1Cc1ccc(Cl)s1)CCCC2O. The summed E-state index contributed by atoms with van der Waals surface area (Å²) in [6, 6.07) is 6.16. The van der Waals surface area contributed by atoms with Crippen LogP contribution in [0, 0.1) is 6.92 Å². The summed E-state index contributed by atoms with van der Waals surface area (Å²) in [5.74, 6) is 0. The molecule has 1 aliphatic rings. The average molecular weight is 282 g/mol. The first-order chi connectivity index (χ1) is 8.65. The van der Waals surface area contributed by atoms with E-state index in [1.54, 1.807) is 11.3 Å². The van der Waals surface area contributed by atoms with Gasteiger partial charge < -0.3 is 9.67 Å². The van der Waals surface area contributed by atoms with Crippen LogP contribution >= 0.6 is 22.9 Å². The van der Waals surface area contributed by atoms with Gasteiger partial charge in [0.25, 0.3) is 0 Å². The second-order valence-electron chi connectivity index (χ2n) is 4.89.